The molecule has 5 nitrogen and oxygen atoms in total. The largest absolute Gasteiger partial charge is 0.444 e. The Labute approximate surface area is 125 Å². The number of ether oxygens (including phenoxy) is 1. The summed E-state index contributed by atoms with van der Waals surface area (Å²) >= 11 is 0. The minimum atomic E-state index is -0.591. The second-order valence-corrected chi connectivity index (χ2v) is 6.07. The van der Waals surface area contributed by atoms with E-state index in [-0.39, 0.29) is 18.2 Å². The fraction of sp³-hybridized carbons (Fsp3) is 0.438. The van der Waals surface area contributed by atoms with E-state index in [4.69, 9.17) is 10.5 Å². The summed E-state index contributed by atoms with van der Waals surface area (Å²) < 4.78 is 5.32. The molecule has 1 unspecified atom stereocenters. The van der Waals surface area contributed by atoms with Gasteiger partial charge in [0.05, 0.1) is 6.54 Å². The fourth-order valence-corrected chi connectivity index (χ4v) is 2.33. The van der Waals surface area contributed by atoms with Crippen molar-refractivity contribution < 1.29 is 14.3 Å². The van der Waals surface area contributed by atoms with Gasteiger partial charge in [0.25, 0.3) is 0 Å². The first kappa shape index (κ1) is 15.5. The highest BCUT2D eigenvalue weighted by Crippen LogP contribution is 2.41. The molecule has 0 spiro atoms. The van der Waals surface area contributed by atoms with Gasteiger partial charge < -0.3 is 10.5 Å². The predicted molar refractivity (Wildman–Crippen MR) is 79.4 cm³/mol. The van der Waals surface area contributed by atoms with Gasteiger partial charge >= 0.3 is 6.09 Å². The molecule has 1 aromatic rings. The van der Waals surface area contributed by atoms with Crippen LogP contribution >= 0.6 is 0 Å². The van der Waals surface area contributed by atoms with Crippen molar-refractivity contribution in [3.8, 4) is 0 Å². The SMILES string of the molecule is CC(C)(C)OC(=O)N1CC(c2ccccc2)[C]1C(=O)CN. The van der Waals surface area contributed by atoms with Crippen LogP contribution < -0.4 is 5.73 Å². The van der Waals surface area contributed by atoms with Crippen molar-refractivity contribution in [1.82, 2.24) is 4.90 Å². The van der Waals surface area contributed by atoms with Crippen LogP contribution in [0, 0.1) is 6.04 Å². The average molecular weight is 289 g/mol. The highest BCUT2D eigenvalue weighted by molar-refractivity contribution is 5.99. The van der Waals surface area contributed by atoms with Crippen LogP contribution in [0.4, 0.5) is 4.79 Å². The molecule has 1 fully saturated rings. The Morgan fingerprint density at radius 1 is 1.29 bits per heavy atom. The zero-order valence-electron chi connectivity index (χ0n) is 12.6. The summed E-state index contributed by atoms with van der Waals surface area (Å²) in [6, 6.07) is 10.1. The van der Waals surface area contributed by atoms with Gasteiger partial charge in [0.1, 0.15) is 11.6 Å². The van der Waals surface area contributed by atoms with Crippen molar-refractivity contribution in [2.45, 2.75) is 32.3 Å². The fourth-order valence-electron chi connectivity index (χ4n) is 2.33. The number of rotatable bonds is 3. The van der Waals surface area contributed by atoms with Crippen molar-refractivity contribution in [3.63, 3.8) is 0 Å². The quantitative estimate of drug-likeness (QED) is 0.924. The molecule has 1 atom stereocenters. The number of hydrogen-bond acceptors (Lipinski definition) is 4. The normalized spacial score (nSPS) is 19.0. The molecule has 2 N–H and O–H groups in total. The highest BCUT2D eigenvalue weighted by atomic mass is 16.6. The number of nitrogens with two attached hydrogens (primary N) is 1. The van der Waals surface area contributed by atoms with Gasteiger partial charge in [-0.15, -0.1) is 0 Å². The smallest absolute Gasteiger partial charge is 0.411 e. The Bertz CT molecular complexity index is 522. The van der Waals surface area contributed by atoms with Crippen LogP contribution in [0.2, 0.25) is 0 Å². The monoisotopic (exact) mass is 289 g/mol. The highest BCUT2D eigenvalue weighted by Gasteiger charge is 2.48. The van der Waals surface area contributed by atoms with E-state index in [1.807, 2.05) is 30.3 Å². The molecule has 0 aromatic heterocycles. The Morgan fingerprint density at radius 3 is 2.43 bits per heavy atom. The van der Waals surface area contributed by atoms with E-state index >= 15 is 0 Å². The molecule has 113 valence electrons. The molecule has 2 rings (SSSR count). The summed E-state index contributed by atoms with van der Waals surface area (Å²) in [5.74, 6) is -0.310. The lowest BCUT2D eigenvalue weighted by atomic mass is 9.80. The van der Waals surface area contributed by atoms with Crippen LogP contribution in [0.5, 0.6) is 0 Å². The zero-order valence-corrected chi connectivity index (χ0v) is 12.6. The molecule has 0 bridgehead atoms. The van der Waals surface area contributed by atoms with Gasteiger partial charge in [-0.2, -0.15) is 0 Å². The van der Waals surface area contributed by atoms with Crippen LogP contribution in [0.25, 0.3) is 0 Å². The Morgan fingerprint density at radius 2 is 1.90 bits per heavy atom. The van der Waals surface area contributed by atoms with E-state index in [0.717, 1.165) is 5.56 Å². The molecule has 1 aliphatic rings. The van der Waals surface area contributed by atoms with E-state index in [1.165, 1.54) is 4.90 Å². The van der Waals surface area contributed by atoms with Gasteiger partial charge in [-0.25, -0.2) is 4.79 Å². The van der Waals surface area contributed by atoms with Crippen LogP contribution in [0.1, 0.15) is 32.3 Å². The predicted octanol–water partition coefficient (Wildman–Crippen LogP) is 2.08. The minimum Gasteiger partial charge on any atom is -0.444 e. The average Bonchev–Trinajstić information content (AvgIpc) is 2.36. The summed E-state index contributed by atoms with van der Waals surface area (Å²) in [5.41, 5.74) is 5.88. The summed E-state index contributed by atoms with van der Waals surface area (Å²) in [4.78, 5) is 25.6. The molecule has 21 heavy (non-hydrogen) atoms. The first-order chi connectivity index (χ1) is 9.83. The summed E-state index contributed by atoms with van der Waals surface area (Å²) in [7, 11) is 0. The molecule has 1 aliphatic heterocycles. The maximum absolute atomic E-state index is 12.1. The number of nitrogens with zero attached hydrogens (tertiary/aromatic N) is 1. The molecule has 0 saturated carbocycles. The molecular weight excluding hydrogens is 268 g/mol. The van der Waals surface area contributed by atoms with Gasteiger partial charge in [0.15, 0.2) is 5.78 Å². The molecular formula is C16H21N2O3. The van der Waals surface area contributed by atoms with Gasteiger partial charge in [-0.05, 0) is 26.3 Å². The Balaban J connectivity index is 2.15. The zero-order chi connectivity index (χ0) is 15.6. The number of benzene rings is 1. The third-order valence-electron chi connectivity index (χ3n) is 3.27. The third-order valence-corrected chi connectivity index (χ3v) is 3.27. The second-order valence-electron chi connectivity index (χ2n) is 6.07. The van der Waals surface area contributed by atoms with Gasteiger partial charge in [-0.3, -0.25) is 9.69 Å². The molecule has 5 heteroatoms. The molecule has 1 amide bonds. The molecule has 1 aromatic carbocycles. The summed E-state index contributed by atoms with van der Waals surface area (Å²) in [6.07, 6.45) is -0.494. The Kier molecular flexibility index (Phi) is 4.32. The number of carbonyl (C=O) groups excluding carboxylic acids is 2. The lowest BCUT2D eigenvalue weighted by Gasteiger charge is -2.46. The minimum absolute atomic E-state index is 0.0882. The second kappa shape index (κ2) is 5.85. The molecule has 1 heterocycles. The Hall–Kier alpha value is -1.88. The van der Waals surface area contributed by atoms with E-state index in [2.05, 4.69) is 0 Å². The van der Waals surface area contributed by atoms with E-state index in [1.54, 1.807) is 20.8 Å². The van der Waals surface area contributed by atoms with Gasteiger partial charge in [0, 0.05) is 12.5 Å². The lowest BCUT2D eigenvalue weighted by molar-refractivity contribution is -0.121. The number of likely N-dealkylation sites (tertiary alicyclic amines) is 1. The van der Waals surface area contributed by atoms with Gasteiger partial charge in [0.2, 0.25) is 0 Å². The van der Waals surface area contributed by atoms with Gasteiger partial charge in [-0.1, -0.05) is 30.3 Å². The van der Waals surface area contributed by atoms with E-state index < -0.39 is 11.7 Å². The summed E-state index contributed by atoms with van der Waals surface area (Å²) in [5, 5.41) is 0. The van der Waals surface area contributed by atoms with Crippen LogP contribution in [0.3, 0.4) is 0 Å². The maximum atomic E-state index is 12.1. The number of Topliss-reactive ketones (excluding diaryl/α,β-unsaturated/α-hetero) is 1. The van der Waals surface area contributed by atoms with Crippen molar-refractivity contribution >= 4 is 11.9 Å². The third kappa shape index (κ3) is 3.42. The van der Waals surface area contributed by atoms with Crippen molar-refractivity contribution in [2.24, 2.45) is 5.73 Å². The van der Waals surface area contributed by atoms with Crippen molar-refractivity contribution in [1.29, 1.82) is 0 Å². The number of ketones is 1. The number of amides is 1. The van der Waals surface area contributed by atoms with Crippen molar-refractivity contribution in [3.05, 3.63) is 41.9 Å². The first-order valence-electron chi connectivity index (χ1n) is 6.99. The number of hydrogen-bond donors (Lipinski definition) is 1. The van der Waals surface area contributed by atoms with E-state index in [0.29, 0.717) is 12.6 Å². The standard InChI is InChI=1S/C16H21N2O3/c1-16(2,3)21-15(20)18-10-12(14(18)13(19)9-17)11-7-5-4-6-8-11/h4-8,12H,9-10,17H2,1-3H3. The summed E-state index contributed by atoms with van der Waals surface area (Å²) in [6.45, 7) is 5.72. The molecule has 0 aliphatic carbocycles. The molecule has 1 radical (unpaired) electrons. The molecule has 1 saturated heterocycles. The van der Waals surface area contributed by atoms with Crippen LogP contribution in [-0.2, 0) is 9.53 Å². The first-order valence-corrected chi connectivity index (χ1v) is 6.99. The van der Waals surface area contributed by atoms with E-state index in [9.17, 15) is 9.59 Å². The van der Waals surface area contributed by atoms with Crippen molar-refractivity contribution in [2.75, 3.05) is 13.1 Å². The topological polar surface area (TPSA) is 72.6 Å². The van der Waals surface area contributed by atoms with Crippen LogP contribution in [0.15, 0.2) is 30.3 Å². The van der Waals surface area contributed by atoms with Crippen LogP contribution in [-0.4, -0.2) is 35.5 Å². The lowest BCUT2D eigenvalue weighted by Crippen LogP contribution is -2.56. The maximum Gasteiger partial charge on any atom is 0.411 e. The number of carbonyl (C=O) groups is 2.